The van der Waals surface area contributed by atoms with E-state index in [-0.39, 0.29) is 5.56 Å². The number of benzene rings is 1. The van der Waals surface area contributed by atoms with E-state index in [4.69, 9.17) is 9.84 Å². The molecule has 0 spiro atoms. The highest BCUT2D eigenvalue weighted by molar-refractivity contribution is 7.09. The average Bonchev–Trinajstić information content (AvgIpc) is 2.88. The molecule has 21 heavy (non-hydrogen) atoms. The number of carboxylic acids is 1. The van der Waals surface area contributed by atoms with E-state index < -0.39 is 5.97 Å². The molecule has 0 unspecified atom stereocenters. The number of hydrogen-bond donors (Lipinski definition) is 2. The molecule has 1 aromatic heterocycles. The third-order valence-corrected chi connectivity index (χ3v) is 3.68. The number of hydrogen-bond acceptors (Lipinski definition) is 5. The molecule has 2 rings (SSSR count). The van der Waals surface area contributed by atoms with Crippen LogP contribution >= 0.6 is 11.3 Å². The van der Waals surface area contributed by atoms with Crippen LogP contribution in [0.1, 0.15) is 21.1 Å². The molecule has 0 saturated heterocycles. The molecule has 112 valence electrons. The van der Waals surface area contributed by atoms with Crippen molar-refractivity contribution in [1.29, 1.82) is 0 Å². The average molecular weight is 306 g/mol. The Bertz CT molecular complexity index is 598. The van der Waals surface area contributed by atoms with Crippen LogP contribution in [0.3, 0.4) is 0 Å². The quantitative estimate of drug-likeness (QED) is 0.733. The Morgan fingerprint density at radius 1 is 1.43 bits per heavy atom. The Kier molecular flexibility index (Phi) is 5.71. The lowest BCUT2D eigenvalue weighted by Crippen LogP contribution is -2.23. The molecule has 0 aliphatic rings. The van der Waals surface area contributed by atoms with Crippen molar-refractivity contribution in [2.75, 3.05) is 19.7 Å². The lowest BCUT2D eigenvalue weighted by molar-refractivity contribution is 0.0696. The van der Waals surface area contributed by atoms with Crippen LogP contribution in [-0.2, 0) is 6.42 Å². The van der Waals surface area contributed by atoms with Gasteiger partial charge in [0, 0.05) is 24.9 Å². The van der Waals surface area contributed by atoms with E-state index in [1.54, 1.807) is 29.5 Å². The first-order valence-electron chi connectivity index (χ1n) is 6.73. The van der Waals surface area contributed by atoms with Crippen LogP contribution in [-0.4, -0.2) is 35.8 Å². The second-order valence-electron chi connectivity index (χ2n) is 4.54. The van der Waals surface area contributed by atoms with Gasteiger partial charge in [0.25, 0.3) is 0 Å². The van der Waals surface area contributed by atoms with Gasteiger partial charge in [-0.05, 0) is 25.1 Å². The van der Waals surface area contributed by atoms with Crippen molar-refractivity contribution < 1.29 is 14.6 Å². The zero-order valence-electron chi connectivity index (χ0n) is 11.8. The maximum absolute atomic E-state index is 10.8. The Labute approximate surface area is 127 Å². The van der Waals surface area contributed by atoms with Crippen LogP contribution in [0.15, 0.2) is 29.6 Å². The highest BCUT2D eigenvalue weighted by Crippen LogP contribution is 2.13. The van der Waals surface area contributed by atoms with Crippen LogP contribution < -0.4 is 10.1 Å². The monoisotopic (exact) mass is 306 g/mol. The molecule has 0 aliphatic carbocycles. The first-order chi connectivity index (χ1) is 10.1. The van der Waals surface area contributed by atoms with E-state index >= 15 is 0 Å². The molecule has 0 saturated carbocycles. The summed E-state index contributed by atoms with van der Waals surface area (Å²) in [6.45, 7) is 4.06. The van der Waals surface area contributed by atoms with Crippen LogP contribution in [0, 0.1) is 6.92 Å². The molecule has 0 atom stereocenters. The van der Waals surface area contributed by atoms with E-state index in [1.165, 1.54) is 6.07 Å². The smallest absolute Gasteiger partial charge is 0.335 e. The Hall–Kier alpha value is -1.92. The highest BCUT2D eigenvalue weighted by Gasteiger charge is 2.03. The van der Waals surface area contributed by atoms with Gasteiger partial charge in [-0.1, -0.05) is 6.07 Å². The summed E-state index contributed by atoms with van der Waals surface area (Å²) < 4.78 is 5.51. The number of thiazole rings is 1. The highest BCUT2D eigenvalue weighted by atomic mass is 32.1. The molecule has 0 bridgehead atoms. The normalized spacial score (nSPS) is 10.5. The number of ether oxygens (including phenoxy) is 1. The van der Waals surface area contributed by atoms with Gasteiger partial charge in [-0.15, -0.1) is 11.3 Å². The largest absolute Gasteiger partial charge is 0.492 e. The first kappa shape index (κ1) is 15.5. The van der Waals surface area contributed by atoms with Crippen molar-refractivity contribution in [1.82, 2.24) is 10.3 Å². The number of nitrogens with one attached hydrogen (secondary N) is 1. The summed E-state index contributed by atoms with van der Waals surface area (Å²) in [5.74, 6) is -0.371. The molecule has 6 heteroatoms. The molecular weight excluding hydrogens is 288 g/mol. The maximum atomic E-state index is 10.8. The third-order valence-electron chi connectivity index (χ3n) is 2.85. The molecular formula is C15H18N2O3S. The zero-order valence-corrected chi connectivity index (χ0v) is 12.7. The summed E-state index contributed by atoms with van der Waals surface area (Å²) in [6, 6.07) is 6.50. The topological polar surface area (TPSA) is 71.5 Å². The summed E-state index contributed by atoms with van der Waals surface area (Å²) in [7, 11) is 0. The van der Waals surface area contributed by atoms with E-state index in [2.05, 4.69) is 15.7 Å². The summed E-state index contributed by atoms with van der Waals surface area (Å²) in [4.78, 5) is 15.2. The third kappa shape index (κ3) is 5.17. The number of carboxylic acid groups (broad SMARTS) is 1. The number of aromatic carboxylic acids is 1. The predicted molar refractivity (Wildman–Crippen MR) is 82.3 cm³/mol. The summed E-state index contributed by atoms with van der Waals surface area (Å²) >= 11 is 1.66. The van der Waals surface area contributed by atoms with E-state index in [0.717, 1.165) is 23.7 Å². The zero-order chi connectivity index (χ0) is 15.1. The van der Waals surface area contributed by atoms with Gasteiger partial charge in [-0.2, -0.15) is 0 Å². The van der Waals surface area contributed by atoms with Gasteiger partial charge in [-0.25, -0.2) is 9.78 Å². The standard InChI is InChI=1S/C15H18N2O3S/c1-11-17-13(10-21-11)5-6-16-7-8-20-14-4-2-3-12(9-14)15(18)19/h2-4,9-10,16H,5-8H2,1H3,(H,18,19). The molecule has 0 aliphatic heterocycles. The minimum Gasteiger partial charge on any atom is -0.492 e. The van der Waals surface area contributed by atoms with Gasteiger partial charge in [-0.3, -0.25) is 0 Å². The minimum absolute atomic E-state index is 0.236. The van der Waals surface area contributed by atoms with E-state index in [1.807, 2.05) is 6.92 Å². The molecule has 0 amide bonds. The van der Waals surface area contributed by atoms with Crippen molar-refractivity contribution in [3.8, 4) is 5.75 Å². The van der Waals surface area contributed by atoms with E-state index in [9.17, 15) is 4.79 Å². The predicted octanol–water partition coefficient (Wildman–Crippen LogP) is 2.36. The lowest BCUT2D eigenvalue weighted by atomic mass is 10.2. The second-order valence-corrected chi connectivity index (χ2v) is 5.60. The van der Waals surface area contributed by atoms with Crippen molar-refractivity contribution in [3.63, 3.8) is 0 Å². The SMILES string of the molecule is Cc1nc(CCNCCOc2cccc(C(=O)O)c2)cs1. The number of aryl methyl sites for hydroxylation is 1. The Morgan fingerprint density at radius 3 is 3.00 bits per heavy atom. The molecule has 5 nitrogen and oxygen atoms in total. The van der Waals surface area contributed by atoms with Gasteiger partial charge in [0.05, 0.1) is 16.3 Å². The fourth-order valence-electron chi connectivity index (χ4n) is 1.82. The molecule has 2 N–H and O–H groups in total. The first-order valence-corrected chi connectivity index (χ1v) is 7.61. The second kappa shape index (κ2) is 7.75. The molecule has 0 radical (unpaired) electrons. The number of nitrogens with zero attached hydrogens (tertiary/aromatic N) is 1. The Morgan fingerprint density at radius 2 is 2.29 bits per heavy atom. The summed E-state index contributed by atoms with van der Waals surface area (Å²) in [6.07, 6.45) is 0.902. The summed E-state index contributed by atoms with van der Waals surface area (Å²) in [5, 5.41) is 15.3. The number of rotatable bonds is 8. The van der Waals surface area contributed by atoms with Crippen LogP contribution in [0.2, 0.25) is 0 Å². The van der Waals surface area contributed by atoms with Gasteiger partial charge in [0.15, 0.2) is 0 Å². The van der Waals surface area contributed by atoms with Crippen molar-refractivity contribution in [3.05, 3.63) is 45.9 Å². The van der Waals surface area contributed by atoms with Gasteiger partial charge in [0.2, 0.25) is 0 Å². The van der Waals surface area contributed by atoms with Crippen LogP contribution in [0.25, 0.3) is 0 Å². The van der Waals surface area contributed by atoms with E-state index in [0.29, 0.717) is 18.9 Å². The Balaban J connectivity index is 1.63. The van der Waals surface area contributed by atoms with Crippen molar-refractivity contribution in [2.24, 2.45) is 0 Å². The number of aromatic nitrogens is 1. The molecule has 2 aromatic rings. The van der Waals surface area contributed by atoms with Crippen LogP contribution in [0.5, 0.6) is 5.75 Å². The molecule has 1 aromatic carbocycles. The lowest BCUT2D eigenvalue weighted by Gasteiger charge is -2.07. The van der Waals surface area contributed by atoms with Crippen molar-refractivity contribution >= 4 is 17.3 Å². The van der Waals surface area contributed by atoms with Crippen molar-refractivity contribution in [2.45, 2.75) is 13.3 Å². The van der Waals surface area contributed by atoms with Gasteiger partial charge < -0.3 is 15.2 Å². The maximum Gasteiger partial charge on any atom is 0.335 e. The fraction of sp³-hybridized carbons (Fsp3) is 0.333. The fourth-order valence-corrected chi connectivity index (χ4v) is 2.47. The minimum atomic E-state index is -0.947. The number of carbonyl (C=O) groups is 1. The van der Waals surface area contributed by atoms with Crippen LogP contribution in [0.4, 0.5) is 0 Å². The summed E-state index contributed by atoms with van der Waals surface area (Å²) in [5.41, 5.74) is 1.35. The van der Waals surface area contributed by atoms with Gasteiger partial charge >= 0.3 is 5.97 Å². The van der Waals surface area contributed by atoms with Gasteiger partial charge in [0.1, 0.15) is 12.4 Å². The molecule has 0 fully saturated rings. The molecule has 1 heterocycles.